The van der Waals surface area contributed by atoms with Crippen LogP contribution in [0.5, 0.6) is 0 Å². The van der Waals surface area contributed by atoms with Gasteiger partial charge in [-0.3, -0.25) is 0 Å². The standard InChI is InChI=1S/C11H19N/c1-6-7-9(4)11(12)10(5)8(2)3/h6-8H,5,12H2,1-4H3/b7-6-,11-9+. The monoisotopic (exact) mass is 165 g/mol. The normalized spacial score (nSPS) is 13.8. The second-order valence-electron chi connectivity index (χ2n) is 3.28. The molecule has 0 atom stereocenters. The predicted octanol–water partition coefficient (Wildman–Crippen LogP) is 3.01. The first-order chi connectivity index (χ1) is 5.50. The van der Waals surface area contributed by atoms with E-state index in [2.05, 4.69) is 20.4 Å². The van der Waals surface area contributed by atoms with E-state index in [0.717, 1.165) is 16.8 Å². The maximum absolute atomic E-state index is 5.88. The second-order valence-corrected chi connectivity index (χ2v) is 3.28. The summed E-state index contributed by atoms with van der Waals surface area (Å²) in [5, 5.41) is 0. The molecule has 0 amide bonds. The molecule has 0 fully saturated rings. The number of hydrogen-bond donors (Lipinski definition) is 1. The number of nitrogens with two attached hydrogens (primary N) is 1. The quantitative estimate of drug-likeness (QED) is 0.639. The summed E-state index contributed by atoms with van der Waals surface area (Å²) in [5.74, 6) is 0.421. The van der Waals surface area contributed by atoms with Gasteiger partial charge in [0.15, 0.2) is 0 Å². The van der Waals surface area contributed by atoms with Crippen molar-refractivity contribution < 1.29 is 0 Å². The first-order valence-corrected chi connectivity index (χ1v) is 4.28. The molecule has 0 rings (SSSR count). The van der Waals surface area contributed by atoms with Crippen LogP contribution in [0, 0.1) is 5.92 Å². The van der Waals surface area contributed by atoms with Crippen molar-refractivity contribution >= 4 is 0 Å². The molecule has 2 N–H and O–H groups in total. The van der Waals surface area contributed by atoms with E-state index in [-0.39, 0.29) is 0 Å². The average Bonchev–Trinajstić information content (AvgIpc) is 2.02. The lowest BCUT2D eigenvalue weighted by molar-refractivity contribution is 0.776. The molecule has 12 heavy (non-hydrogen) atoms. The number of rotatable bonds is 3. The summed E-state index contributed by atoms with van der Waals surface area (Å²) >= 11 is 0. The second kappa shape index (κ2) is 4.81. The largest absolute Gasteiger partial charge is 0.398 e. The van der Waals surface area contributed by atoms with Crippen LogP contribution in [0.2, 0.25) is 0 Å². The topological polar surface area (TPSA) is 26.0 Å². The Labute approximate surface area is 75.7 Å². The van der Waals surface area contributed by atoms with Crippen LogP contribution in [-0.2, 0) is 0 Å². The fourth-order valence-electron chi connectivity index (χ4n) is 0.904. The SMILES string of the molecule is C=C(/C(N)=C(C)\C=C/C)C(C)C. The van der Waals surface area contributed by atoms with Gasteiger partial charge in [-0.15, -0.1) is 0 Å². The maximum atomic E-state index is 5.88. The number of hydrogen-bond acceptors (Lipinski definition) is 1. The molecule has 0 aliphatic heterocycles. The number of allylic oxidation sites excluding steroid dienone is 4. The van der Waals surface area contributed by atoms with E-state index in [1.807, 2.05) is 26.0 Å². The summed E-state index contributed by atoms with van der Waals surface area (Å²) in [5.41, 5.74) is 8.81. The summed E-state index contributed by atoms with van der Waals surface area (Å²) in [7, 11) is 0. The van der Waals surface area contributed by atoms with Gasteiger partial charge in [-0.05, 0) is 30.9 Å². The van der Waals surface area contributed by atoms with Gasteiger partial charge >= 0.3 is 0 Å². The average molecular weight is 165 g/mol. The zero-order valence-corrected chi connectivity index (χ0v) is 8.52. The van der Waals surface area contributed by atoms with E-state index in [1.165, 1.54) is 0 Å². The van der Waals surface area contributed by atoms with Crippen molar-refractivity contribution in [2.24, 2.45) is 11.7 Å². The molecule has 0 aromatic heterocycles. The Morgan fingerprint density at radius 3 is 2.25 bits per heavy atom. The molecule has 0 heterocycles. The van der Waals surface area contributed by atoms with Crippen molar-refractivity contribution in [1.82, 2.24) is 0 Å². The first kappa shape index (κ1) is 11.0. The summed E-state index contributed by atoms with van der Waals surface area (Å²) in [6.07, 6.45) is 3.98. The molecule has 0 saturated heterocycles. The molecule has 1 nitrogen and oxygen atoms in total. The lowest BCUT2D eigenvalue weighted by atomic mass is 9.99. The van der Waals surface area contributed by atoms with Crippen molar-refractivity contribution in [1.29, 1.82) is 0 Å². The van der Waals surface area contributed by atoms with Gasteiger partial charge in [-0.25, -0.2) is 0 Å². The van der Waals surface area contributed by atoms with E-state index in [1.54, 1.807) is 0 Å². The van der Waals surface area contributed by atoms with Crippen LogP contribution in [0.1, 0.15) is 27.7 Å². The van der Waals surface area contributed by atoms with Crippen LogP contribution < -0.4 is 5.73 Å². The molecule has 0 radical (unpaired) electrons. The zero-order chi connectivity index (χ0) is 9.72. The van der Waals surface area contributed by atoms with Crippen LogP contribution >= 0.6 is 0 Å². The lowest BCUT2D eigenvalue weighted by Gasteiger charge is -2.11. The van der Waals surface area contributed by atoms with E-state index in [9.17, 15) is 0 Å². The minimum absolute atomic E-state index is 0.421. The Hall–Kier alpha value is -0.980. The van der Waals surface area contributed by atoms with Gasteiger partial charge in [0.1, 0.15) is 0 Å². The molecular weight excluding hydrogens is 146 g/mol. The molecule has 0 aromatic rings. The van der Waals surface area contributed by atoms with Crippen molar-refractivity contribution in [2.75, 3.05) is 0 Å². The molecule has 0 aromatic carbocycles. The Bertz CT molecular complexity index is 219. The molecule has 0 bridgehead atoms. The third kappa shape index (κ3) is 2.95. The predicted molar refractivity (Wildman–Crippen MR) is 55.7 cm³/mol. The third-order valence-corrected chi connectivity index (χ3v) is 1.88. The Morgan fingerprint density at radius 2 is 1.92 bits per heavy atom. The van der Waals surface area contributed by atoms with Gasteiger partial charge in [0.2, 0.25) is 0 Å². The molecule has 0 unspecified atom stereocenters. The van der Waals surface area contributed by atoms with Crippen LogP contribution in [-0.4, -0.2) is 0 Å². The van der Waals surface area contributed by atoms with E-state index in [0.29, 0.717) is 5.92 Å². The summed E-state index contributed by atoms with van der Waals surface area (Å²) < 4.78 is 0. The molecular formula is C11H19N. The Balaban J connectivity index is 4.66. The van der Waals surface area contributed by atoms with Gasteiger partial charge in [0, 0.05) is 5.70 Å². The van der Waals surface area contributed by atoms with Gasteiger partial charge < -0.3 is 5.73 Å². The van der Waals surface area contributed by atoms with Crippen molar-refractivity contribution in [3.8, 4) is 0 Å². The highest BCUT2D eigenvalue weighted by atomic mass is 14.6. The van der Waals surface area contributed by atoms with Crippen LogP contribution in [0.4, 0.5) is 0 Å². The van der Waals surface area contributed by atoms with E-state index in [4.69, 9.17) is 5.73 Å². The molecule has 0 spiro atoms. The van der Waals surface area contributed by atoms with Gasteiger partial charge in [0.05, 0.1) is 0 Å². The molecule has 68 valence electrons. The first-order valence-electron chi connectivity index (χ1n) is 4.28. The highest BCUT2D eigenvalue weighted by molar-refractivity contribution is 5.35. The maximum Gasteiger partial charge on any atom is 0.0372 e. The van der Waals surface area contributed by atoms with E-state index < -0.39 is 0 Å². The molecule has 0 saturated carbocycles. The lowest BCUT2D eigenvalue weighted by Crippen LogP contribution is -2.07. The summed E-state index contributed by atoms with van der Waals surface area (Å²) in [4.78, 5) is 0. The van der Waals surface area contributed by atoms with Crippen LogP contribution in [0.3, 0.4) is 0 Å². The fraction of sp³-hybridized carbons (Fsp3) is 0.455. The Morgan fingerprint density at radius 1 is 1.42 bits per heavy atom. The third-order valence-electron chi connectivity index (χ3n) is 1.88. The minimum atomic E-state index is 0.421. The summed E-state index contributed by atoms with van der Waals surface area (Å²) in [6, 6.07) is 0. The zero-order valence-electron chi connectivity index (χ0n) is 8.52. The van der Waals surface area contributed by atoms with Gasteiger partial charge in [0.25, 0.3) is 0 Å². The van der Waals surface area contributed by atoms with E-state index >= 15 is 0 Å². The minimum Gasteiger partial charge on any atom is -0.398 e. The molecule has 0 aliphatic carbocycles. The highest BCUT2D eigenvalue weighted by Gasteiger charge is 2.04. The van der Waals surface area contributed by atoms with Gasteiger partial charge in [-0.1, -0.05) is 32.6 Å². The van der Waals surface area contributed by atoms with Crippen LogP contribution in [0.25, 0.3) is 0 Å². The van der Waals surface area contributed by atoms with Crippen LogP contribution in [0.15, 0.2) is 35.6 Å². The molecule has 1 heteroatoms. The van der Waals surface area contributed by atoms with Gasteiger partial charge in [-0.2, -0.15) is 0 Å². The fourth-order valence-corrected chi connectivity index (χ4v) is 0.904. The smallest absolute Gasteiger partial charge is 0.0372 e. The molecule has 0 aliphatic rings. The van der Waals surface area contributed by atoms with Crippen molar-refractivity contribution in [3.63, 3.8) is 0 Å². The Kier molecular flexibility index (Phi) is 4.42. The highest BCUT2D eigenvalue weighted by Crippen LogP contribution is 2.16. The van der Waals surface area contributed by atoms with Crippen molar-refractivity contribution in [3.05, 3.63) is 35.6 Å². The summed E-state index contributed by atoms with van der Waals surface area (Å²) in [6.45, 7) is 12.1. The van der Waals surface area contributed by atoms with Crippen molar-refractivity contribution in [2.45, 2.75) is 27.7 Å².